The zero-order chi connectivity index (χ0) is 17.6. The highest BCUT2D eigenvalue weighted by Crippen LogP contribution is 2.41. The number of nitrogens with zero attached hydrogens (tertiary/aromatic N) is 4. The summed E-state index contributed by atoms with van der Waals surface area (Å²) in [5, 5.41) is 10.9. The molecule has 0 fully saturated rings. The fourth-order valence-electron chi connectivity index (χ4n) is 2.80. The number of thiazole rings is 1. The normalized spacial score (nSPS) is 16.4. The van der Waals surface area contributed by atoms with E-state index < -0.39 is 5.82 Å². The van der Waals surface area contributed by atoms with Crippen LogP contribution in [0.5, 0.6) is 0 Å². The second-order valence-electron chi connectivity index (χ2n) is 6.22. The van der Waals surface area contributed by atoms with Crippen molar-refractivity contribution >= 4 is 22.4 Å². The van der Waals surface area contributed by atoms with E-state index in [0.29, 0.717) is 23.6 Å². The average molecular weight is 360 g/mol. The summed E-state index contributed by atoms with van der Waals surface area (Å²) >= 11 is 1.47. The van der Waals surface area contributed by atoms with Crippen molar-refractivity contribution in [2.45, 2.75) is 33.5 Å². The SMILES string of the molecule is Cc1nc(Nc2nc3c(s2)COC(C(C)C)c2[nH]ncc2-3)ncc1F. The van der Waals surface area contributed by atoms with Gasteiger partial charge >= 0.3 is 0 Å². The molecule has 3 aromatic rings. The molecule has 7 nitrogen and oxygen atoms in total. The van der Waals surface area contributed by atoms with Gasteiger partial charge in [0.25, 0.3) is 0 Å². The van der Waals surface area contributed by atoms with E-state index in [-0.39, 0.29) is 11.8 Å². The van der Waals surface area contributed by atoms with E-state index in [1.807, 2.05) is 0 Å². The van der Waals surface area contributed by atoms with Crippen LogP contribution >= 0.6 is 11.3 Å². The third-order valence-electron chi connectivity index (χ3n) is 4.04. The lowest BCUT2D eigenvalue weighted by molar-refractivity contribution is 0.00968. The number of H-pyrrole nitrogens is 1. The number of aromatic nitrogens is 5. The molecule has 0 radical (unpaired) electrons. The first-order chi connectivity index (χ1) is 12.0. The number of nitrogens with one attached hydrogen (secondary N) is 2. The van der Waals surface area contributed by atoms with Gasteiger partial charge in [-0.2, -0.15) is 5.10 Å². The number of hydrogen-bond acceptors (Lipinski definition) is 7. The van der Waals surface area contributed by atoms with E-state index in [9.17, 15) is 4.39 Å². The molecule has 0 saturated carbocycles. The van der Waals surface area contributed by atoms with Gasteiger partial charge in [-0.05, 0) is 12.8 Å². The Morgan fingerprint density at radius 3 is 2.96 bits per heavy atom. The molecule has 0 spiro atoms. The lowest BCUT2D eigenvalue weighted by atomic mass is 10.0. The molecule has 25 heavy (non-hydrogen) atoms. The minimum atomic E-state index is -0.434. The van der Waals surface area contributed by atoms with Gasteiger partial charge in [0.05, 0.1) is 41.0 Å². The van der Waals surface area contributed by atoms with Gasteiger partial charge in [0.1, 0.15) is 6.10 Å². The van der Waals surface area contributed by atoms with Crippen molar-refractivity contribution in [2.24, 2.45) is 5.92 Å². The highest BCUT2D eigenvalue weighted by Gasteiger charge is 2.29. The molecule has 0 amide bonds. The summed E-state index contributed by atoms with van der Waals surface area (Å²) in [6.07, 6.45) is 2.88. The van der Waals surface area contributed by atoms with E-state index >= 15 is 0 Å². The predicted octanol–water partition coefficient (Wildman–Crippen LogP) is 3.74. The van der Waals surface area contributed by atoms with Crippen LogP contribution in [0.3, 0.4) is 0 Å². The third-order valence-corrected chi connectivity index (χ3v) is 4.99. The van der Waals surface area contributed by atoms with Crippen LogP contribution < -0.4 is 5.32 Å². The van der Waals surface area contributed by atoms with Gasteiger partial charge in [0.2, 0.25) is 5.95 Å². The summed E-state index contributed by atoms with van der Waals surface area (Å²) in [6.45, 7) is 6.30. The van der Waals surface area contributed by atoms with Crippen molar-refractivity contribution in [3.63, 3.8) is 0 Å². The summed E-state index contributed by atoms with van der Waals surface area (Å²) in [7, 11) is 0. The van der Waals surface area contributed by atoms with Gasteiger partial charge in [-0.1, -0.05) is 25.2 Å². The molecule has 0 bridgehead atoms. The van der Waals surface area contributed by atoms with Crippen molar-refractivity contribution in [1.29, 1.82) is 0 Å². The predicted molar refractivity (Wildman–Crippen MR) is 92.1 cm³/mol. The average Bonchev–Trinajstić information content (AvgIpc) is 3.15. The van der Waals surface area contributed by atoms with E-state index in [4.69, 9.17) is 4.74 Å². The zero-order valence-corrected chi connectivity index (χ0v) is 14.8. The Hall–Kier alpha value is -2.39. The number of aromatic amines is 1. The first kappa shape index (κ1) is 16.1. The summed E-state index contributed by atoms with van der Waals surface area (Å²) in [5.74, 6) is 0.203. The highest BCUT2D eigenvalue weighted by atomic mass is 32.1. The van der Waals surface area contributed by atoms with Gasteiger partial charge < -0.3 is 10.1 Å². The molecular weight excluding hydrogens is 343 g/mol. The van der Waals surface area contributed by atoms with Crippen molar-refractivity contribution in [2.75, 3.05) is 5.32 Å². The maximum atomic E-state index is 13.3. The molecule has 1 aliphatic heterocycles. The molecule has 1 atom stereocenters. The second kappa shape index (κ2) is 6.16. The van der Waals surface area contributed by atoms with Crippen molar-refractivity contribution in [3.8, 4) is 11.3 Å². The van der Waals surface area contributed by atoms with E-state index in [1.54, 1.807) is 13.1 Å². The van der Waals surface area contributed by atoms with Gasteiger partial charge in [-0.25, -0.2) is 19.3 Å². The standard InChI is InChI=1S/C16H17FN6OS/c1-7(2)14-13-9(4-19-23-13)12-11(6-24-14)25-16(21-12)22-15-18-5-10(17)8(3)20-15/h4-5,7,14H,6H2,1-3H3,(H,19,23)(H,18,20,21,22). The largest absolute Gasteiger partial charge is 0.366 e. The molecule has 1 aliphatic rings. The maximum absolute atomic E-state index is 13.3. The van der Waals surface area contributed by atoms with Crippen molar-refractivity contribution in [3.05, 3.63) is 34.5 Å². The van der Waals surface area contributed by atoms with Crippen LogP contribution in [0.4, 0.5) is 15.5 Å². The van der Waals surface area contributed by atoms with Crippen LogP contribution in [0.15, 0.2) is 12.4 Å². The third kappa shape index (κ3) is 2.89. The molecule has 9 heteroatoms. The summed E-state index contributed by atoms with van der Waals surface area (Å²) in [5.41, 5.74) is 3.03. The van der Waals surface area contributed by atoms with Gasteiger partial charge in [-0.3, -0.25) is 5.10 Å². The van der Waals surface area contributed by atoms with E-state index in [1.165, 1.54) is 11.3 Å². The van der Waals surface area contributed by atoms with Crippen LogP contribution in [0.25, 0.3) is 11.3 Å². The van der Waals surface area contributed by atoms with Crippen LogP contribution in [-0.4, -0.2) is 25.1 Å². The fourth-order valence-corrected chi connectivity index (χ4v) is 3.69. The van der Waals surface area contributed by atoms with E-state index in [0.717, 1.165) is 28.0 Å². The van der Waals surface area contributed by atoms with Crippen molar-refractivity contribution < 1.29 is 9.13 Å². The fraction of sp³-hybridized carbons (Fsp3) is 0.375. The highest BCUT2D eigenvalue weighted by molar-refractivity contribution is 7.16. The number of rotatable bonds is 3. The first-order valence-corrected chi connectivity index (χ1v) is 8.75. The van der Waals surface area contributed by atoms with Crippen LogP contribution in [0.1, 0.15) is 36.2 Å². The molecule has 130 valence electrons. The Morgan fingerprint density at radius 1 is 1.36 bits per heavy atom. The molecule has 4 heterocycles. The summed E-state index contributed by atoms with van der Waals surface area (Å²) in [4.78, 5) is 13.7. The molecule has 1 unspecified atom stereocenters. The molecular formula is C16H17FN6OS. The molecule has 0 saturated heterocycles. The Labute approximate surface area is 147 Å². The minimum Gasteiger partial charge on any atom is -0.366 e. The molecule has 3 aromatic heterocycles. The Balaban J connectivity index is 1.68. The summed E-state index contributed by atoms with van der Waals surface area (Å²) < 4.78 is 19.4. The van der Waals surface area contributed by atoms with Gasteiger partial charge in [0.15, 0.2) is 10.9 Å². The van der Waals surface area contributed by atoms with E-state index in [2.05, 4.69) is 44.3 Å². The molecule has 2 N–H and O–H groups in total. The van der Waals surface area contributed by atoms with Crippen LogP contribution in [0.2, 0.25) is 0 Å². The summed E-state index contributed by atoms with van der Waals surface area (Å²) in [6, 6.07) is 0. The number of ether oxygens (including phenoxy) is 1. The monoisotopic (exact) mass is 360 g/mol. The number of aryl methyl sites for hydroxylation is 1. The lowest BCUT2D eigenvalue weighted by Crippen LogP contribution is -2.10. The Morgan fingerprint density at radius 2 is 2.20 bits per heavy atom. The smallest absolute Gasteiger partial charge is 0.229 e. The number of anilines is 2. The number of fused-ring (bicyclic) bond motifs is 3. The zero-order valence-electron chi connectivity index (χ0n) is 14.0. The topological polar surface area (TPSA) is 88.6 Å². The molecule has 0 aliphatic carbocycles. The Kier molecular flexibility index (Phi) is 3.97. The Bertz CT molecular complexity index is 921. The van der Waals surface area contributed by atoms with Crippen LogP contribution in [0, 0.1) is 18.7 Å². The molecule has 4 rings (SSSR count). The van der Waals surface area contributed by atoms with Gasteiger partial charge in [0, 0.05) is 5.56 Å². The minimum absolute atomic E-state index is 0.0432. The maximum Gasteiger partial charge on any atom is 0.229 e. The van der Waals surface area contributed by atoms with Gasteiger partial charge in [-0.15, -0.1) is 0 Å². The quantitative estimate of drug-likeness (QED) is 0.740. The number of halogens is 1. The number of hydrogen-bond donors (Lipinski definition) is 2. The van der Waals surface area contributed by atoms with Crippen LogP contribution in [-0.2, 0) is 11.3 Å². The lowest BCUT2D eigenvalue weighted by Gasteiger charge is -2.18. The van der Waals surface area contributed by atoms with Crippen molar-refractivity contribution in [1.82, 2.24) is 25.1 Å². The molecule has 0 aromatic carbocycles. The second-order valence-corrected chi connectivity index (χ2v) is 7.30. The first-order valence-electron chi connectivity index (χ1n) is 7.94.